The Morgan fingerprint density at radius 3 is 2.13 bits per heavy atom. The number of hydrogen-bond acceptors (Lipinski definition) is 6. The zero-order chi connectivity index (χ0) is 21.5. The lowest BCUT2D eigenvalue weighted by Gasteiger charge is -2.34. The van der Waals surface area contributed by atoms with Gasteiger partial charge in [-0.25, -0.2) is 23.1 Å². The lowest BCUT2D eigenvalue weighted by Crippen LogP contribution is -2.49. The van der Waals surface area contributed by atoms with Gasteiger partial charge in [-0.2, -0.15) is 9.40 Å². The quantitative estimate of drug-likeness (QED) is 0.558. The Balaban J connectivity index is 1.53. The van der Waals surface area contributed by atoms with E-state index in [9.17, 15) is 8.42 Å². The van der Waals surface area contributed by atoms with Crippen LogP contribution in [0, 0.1) is 20.8 Å². The molecule has 1 aromatic carbocycles. The highest BCUT2D eigenvalue weighted by Crippen LogP contribution is 2.23. The number of rotatable bonds is 4. The van der Waals surface area contributed by atoms with Crippen LogP contribution in [0.2, 0.25) is 0 Å². The van der Waals surface area contributed by atoms with Crippen molar-refractivity contribution in [2.24, 2.45) is 0 Å². The highest BCUT2D eigenvalue weighted by Gasteiger charge is 2.29. The van der Waals surface area contributed by atoms with Crippen molar-refractivity contribution in [3.8, 4) is 5.82 Å². The summed E-state index contributed by atoms with van der Waals surface area (Å²) in [5.74, 6) is 2.15. The van der Waals surface area contributed by atoms with Gasteiger partial charge >= 0.3 is 0 Å². The van der Waals surface area contributed by atoms with Gasteiger partial charge in [0.05, 0.1) is 10.6 Å². The third-order valence-electron chi connectivity index (χ3n) is 5.05. The predicted octanol–water partition coefficient (Wildman–Crippen LogP) is 2.86. The normalized spacial score (nSPS) is 15.5. The van der Waals surface area contributed by atoms with E-state index in [1.54, 1.807) is 24.3 Å². The summed E-state index contributed by atoms with van der Waals surface area (Å²) in [6, 6.07) is 10.6. The van der Waals surface area contributed by atoms with Crippen LogP contribution in [0.3, 0.4) is 0 Å². The average Bonchev–Trinajstić information content (AvgIpc) is 3.06. The first kappa shape index (κ1) is 21.0. The summed E-state index contributed by atoms with van der Waals surface area (Å²) in [5.41, 5.74) is 1.93. The van der Waals surface area contributed by atoms with Gasteiger partial charge in [0, 0.05) is 42.4 Å². The molecule has 0 saturated carbocycles. The molecular formula is C20H23BrN6O2S. The molecule has 3 aromatic rings. The van der Waals surface area contributed by atoms with Crippen molar-refractivity contribution in [2.45, 2.75) is 25.7 Å². The molecule has 1 saturated heterocycles. The van der Waals surface area contributed by atoms with E-state index in [0.29, 0.717) is 42.7 Å². The maximum atomic E-state index is 12.9. The van der Waals surface area contributed by atoms with Crippen molar-refractivity contribution in [3.63, 3.8) is 0 Å². The fourth-order valence-corrected chi connectivity index (χ4v) is 5.27. The standard InChI is InChI=1S/C20H23BrN6O2S/c1-14-12-15(2)27(24-14)20-13-19(22-16(3)23-20)25-8-10-26(11-9-25)30(28,29)18-6-4-17(21)5-7-18/h4-7,12-13H,8-11H2,1-3H3. The van der Waals surface area contributed by atoms with E-state index in [1.165, 1.54) is 4.31 Å². The van der Waals surface area contributed by atoms with Crippen LogP contribution in [0.4, 0.5) is 5.82 Å². The van der Waals surface area contributed by atoms with E-state index in [2.05, 4.69) is 35.9 Å². The highest BCUT2D eigenvalue weighted by atomic mass is 79.9. The zero-order valence-corrected chi connectivity index (χ0v) is 19.5. The fraction of sp³-hybridized carbons (Fsp3) is 0.350. The Morgan fingerprint density at radius 2 is 1.53 bits per heavy atom. The molecule has 0 unspecified atom stereocenters. The Morgan fingerprint density at radius 1 is 0.900 bits per heavy atom. The molecule has 0 radical (unpaired) electrons. The topological polar surface area (TPSA) is 84.2 Å². The molecule has 158 valence electrons. The lowest BCUT2D eigenvalue weighted by atomic mass is 10.3. The van der Waals surface area contributed by atoms with Crippen molar-refractivity contribution in [1.29, 1.82) is 0 Å². The summed E-state index contributed by atoms with van der Waals surface area (Å²) in [7, 11) is -3.51. The molecule has 30 heavy (non-hydrogen) atoms. The molecule has 8 nitrogen and oxygen atoms in total. The van der Waals surface area contributed by atoms with Crippen LogP contribution in [-0.2, 0) is 10.0 Å². The second-order valence-electron chi connectivity index (χ2n) is 7.32. The van der Waals surface area contributed by atoms with Crippen molar-refractivity contribution in [3.05, 3.63) is 58.1 Å². The first-order valence-corrected chi connectivity index (χ1v) is 11.9. The zero-order valence-electron chi connectivity index (χ0n) is 17.1. The first-order chi connectivity index (χ1) is 14.2. The third-order valence-corrected chi connectivity index (χ3v) is 7.49. The molecule has 0 atom stereocenters. The number of sulfonamides is 1. The number of benzene rings is 1. The minimum atomic E-state index is -3.51. The molecule has 1 aliphatic heterocycles. The summed E-state index contributed by atoms with van der Waals surface area (Å²) in [5, 5.41) is 4.51. The predicted molar refractivity (Wildman–Crippen MR) is 118 cm³/mol. The van der Waals surface area contributed by atoms with Gasteiger partial charge in [-0.1, -0.05) is 15.9 Å². The molecular weight excluding hydrogens is 468 g/mol. The van der Waals surface area contributed by atoms with Gasteiger partial charge in [-0.15, -0.1) is 0 Å². The third kappa shape index (κ3) is 4.12. The Kier molecular flexibility index (Phi) is 5.65. The van der Waals surface area contributed by atoms with E-state index >= 15 is 0 Å². The van der Waals surface area contributed by atoms with Gasteiger partial charge in [-0.3, -0.25) is 0 Å². The van der Waals surface area contributed by atoms with Gasteiger partial charge in [0.25, 0.3) is 0 Å². The molecule has 4 rings (SSSR count). The van der Waals surface area contributed by atoms with E-state index in [0.717, 1.165) is 21.7 Å². The second kappa shape index (κ2) is 8.09. The van der Waals surface area contributed by atoms with Gasteiger partial charge in [0.15, 0.2) is 5.82 Å². The maximum Gasteiger partial charge on any atom is 0.243 e. The minimum absolute atomic E-state index is 0.309. The van der Waals surface area contributed by atoms with Crippen LogP contribution < -0.4 is 4.90 Å². The summed E-state index contributed by atoms with van der Waals surface area (Å²) in [4.78, 5) is 11.5. The van der Waals surface area contributed by atoms with E-state index in [4.69, 9.17) is 0 Å². The number of aryl methyl sites for hydroxylation is 3. The highest BCUT2D eigenvalue weighted by molar-refractivity contribution is 9.10. The molecule has 1 fully saturated rings. The van der Waals surface area contributed by atoms with Crippen LogP contribution in [0.15, 0.2) is 45.8 Å². The monoisotopic (exact) mass is 490 g/mol. The Bertz CT molecular complexity index is 1170. The summed E-state index contributed by atoms with van der Waals surface area (Å²) in [6.45, 7) is 7.71. The SMILES string of the molecule is Cc1cc(C)n(-c2cc(N3CCN(S(=O)(=O)c4ccc(Br)cc4)CC3)nc(C)n2)n1. The number of anilines is 1. The van der Waals surface area contributed by atoms with Crippen LogP contribution in [0.5, 0.6) is 0 Å². The molecule has 1 aliphatic rings. The smallest absolute Gasteiger partial charge is 0.243 e. The van der Waals surface area contributed by atoms with Crippen LogP contribution in [0.25, 0.3) is 5.82 Å². The molecule has 0 N–H and O–H groups in total. The number of nitrogens with zero attached hydrogens (tertiary/aromatic N) is 6. The van der Waals surface area contributed by atoms with Gasteiger partial charge < -0.3 is 4.90 Å². The molecule has 0 bridgehead atoms. The molecule has 0 amide bonds. The Labute approximate surface area is 184 Å². The molecule has 3 heterocycles. The minimum Gasteiger partial charge on any atom is -0.354 e. The van der Waals surface area contributed by atoms with Crippen molar-refractivity contribution in [2.75, 3.05) is 31.1 Å². The second-order valence-corrected chi connectivity index (χ2v) is 10.2. The van der Waals surface area contributed by atoms with Crippen molar-refractivity contribution < 1.29 is 8.42 Å². The Hall–Kier alpha value is -2.30. The number of aromatic nitrogens is 4. The van der Waals surface area contributed by atoms with Crippen LogP contribution in [-0.4, -0.2) is 58.7 Å². The maximum absolute atomic E-state index is 12.9. The summed E-state index contributed by atoms with van der Waals surface area (Å²) < 4.78 is 30.0. The number of halogens is 1. The molecule has 0 aliphatic carbocycles. The van der Waals surface area contributed by atoms with E-state index in [-0.39, 0.29) is 0 Å². The van der Waals surface area contributed by atoms with Crippen molar-refractivity contribution in [1.82, 2.24) is 24.1 Å². The molecule has 10 heteroatoms. The largest absolute Gasteiger partial charge is 0.354 e. The van der Waals surface area contributed by atoms with Crippen molar-refractivity contribution >= 4 is 31.8 Å². The van der Waals surface area contributed by atoms with E-state index in [1.807, 2.05) is 37.6 Å². The van der Waals surface area contributed by atoms with Crippen LogP contribution in [0.1, 0.15) is 17.2 Å². The summed E-state index contributed by atoms with van der Waals surface area (Å²) in [6.07, 6.45) is 0. The summed E-state index contributed by atoms with van der Waals surface area (Å²) >= 11 is 3.34. The van der Waals surface area contributed by atoms with Gasteiger partial charge in [0.1, 0.15) is 11.6 Å². The number of hydrogen-bond donors (Lipinski definition) is 0. The van der Waals surface area contributed by atoms with Gasteiger partial charge in [-0.05, 0) is 51.1 Å². The average molecular weight is 491 g/mol. The first-order valence-electron chi connectivity index (χ1n) is 9.64. The molecule has 0 spiro atoms. The van der Waals surface area contributed by atoms with Gasteiger partial charge in [0.2, 0.25) is 10.0 Å². The fourth-order valence-electron chi connectivity index (χ4n) is 3.58. The number of piperazine rings is 1. The van der Waals surface area contributed by atoms with Crippen LogP contribution >= 0.6 is 15.9 Å². The lowest BCUT2D eigenvalue weighted by molar-refractivity contribution is 0.383. The molecule has 2 aromatic heterocycles. The van der Waals surface area contributed by atoms with E-state index < -0.39 is 10.0 Å².